The Labute approximate surface area is 76.2 Å². The second-order valence-electron chi connectivity index (χ2n) is 2.87. The molecular weight excluding hydrogens is 176 g/mol. The van der Waals surface area contributed by atoms with Gasteiger partial charge in [0.2, 0.25) is 8.32 Å². The summed E-state index contributed by atoms with van der Waals surface area (Å²) in [7, 11) is -1.47. The minimum absolute atomic E-state index is 0.750. The quantitative estimate of drug-likeness (QED) is 0.466. The van der Waals surface area contributed by atoms with Gasteiger partial charge >= 0.3 is 0 Å². The van der Waals surface area contributed by atoms with E-state index in [0.717, 1.165) is 30.6 Å². The molecule has 0 N–H and O–H groups in total. The minimum Gasteiger partial charge on any atom is -0.416 e. The fraction of sp³-hybridized carbons (Fsp3) is 1.00. The maximum Gasteiger partial charge on any atom is 0.206 e. The molecule has 11 heavy (non-hydrogen) atoms. The van der Waals surface area contributed by atoms with Crippen LogP contribution in [0.1, 0.15) is 27.2 Å². The molecule has 0 unspecified atom stereocenters. The van der Waals surface area contributed by atoms with Crippen molar-refractivity contribution in [3.05, 3.63) is 0 Å². The van der Waals surface area contributed by atoms with Crippen molar-refractivity contribution >= 4 is 19.9 Å². The Bertz CT molecular complexity index is 85.8. The number of rotatable bonds is 6. The molecule has 0 rings (SSSR count). The summed E-state index contributed by atoms with van der Waals surface area (Å²) in [5.74, 6) is 0. The van der Waals surface area contributed by atoms with Crippen molar-refractivity contribution < 1.29 is 4.43 Å². The zero-order valence-corrected chi connectivity index (χ0v) is 9.58. The molecule has 0 aliphatic carbocycles. The van der Waals surface area contributed by atoms with E-state index in [1.807, 2.05) is 0 Å². The SMILES string of the molecule is CCCO[Si](CC)(CC)CCl. The van der Waals surface area contributed by atoms with E-state index in [-0.39, 0.29) is 0 Å². The summed E-state index contributed by atoms with van der Waals surface area (Å²) in [4.78, 5) is 0. The highest BCUT2D eigenvalue weighted by Crippen LogP contribution is 2.18. The van der Waals surface area contributed by atoms with Gasteiger partial charge < -0.3 is 4.43 Å². The predicted octanol–water partition coefficient (Wildman–Crippen LogP) is 3.18. The first kappa shape index (κ1) is 11.5. The van der Waals surface area contributed by atoms with Crippen LogP contribution in [0.15, 0.2) is 0 Å². The maximum atomic E-state index is 5.90. The van der Waals surface area contributed by atoms with Crippen molar-refractivity contribution in [3.63, 3.8) is 0 Å². The summed E-state index contributed by atoms with van der Waals surface area (Å²) in [6.45, 7) is 7.40. The van der Waals surface area contributed by atoms with Gasteiger partial charge in [0.05, 0.1) is 0 Å². The molecular formula is C8H19ClOSi. The third-order valence-corrected chi connectivity index (χ3v) is 7.49. The van der Waals surface area contributed by atoms with E-state index in [2.05, 4.69) is 20.8 Å². The molecule has 0 spiro atoms. The Balaban J connectivity index is 3.84. The van der Waals surface area contributed by atoms with Gasteiger partial charge in [-0.15, -0.1) is 11.6 Å². The molecule has 68 valence electrons. The Morgan fingerprint density at radius 2 is 1.73 bits per heavy atom. The lowest BCUT2D eigenvalue weighted by atomic mass is 10.5. The van der Waals surface area contributed by atoms with Gasteiger partial charge in [-0.1, -0.05) is 20.8 Å². The van der Waals surface area contributed by atoms with E-state index in [1.165, 1.54) is 0 Å². The number of hydrogen-bond donors (Lipinski definition) is 0. The monoisotopic (exact) mass is 194 g/mol. The summed E-state index contributed by atoms with van der Waals surface area (Å²) in [5.41, 5.74) is 0.750. The van der Waals surface area contributed by atoms with Crippen molar-refractivity contribution in [3.8, 4) is 0 Å². The van der Waals surface area contributed by atoms with Gasteiger partial charge in [0.1, 0.15) is 0 Å². The summed E-state index contributed by atoms with van der Waals surface area (Å²) in [6, 6.07) is 2.29. The second-order valence-corrected chi connectivity index (χ2v) is 8.01. The normalized spacial score (nSPS) is 12.0. The fourth-order valence-corrected chi connectivity index (χ4v) is 4.37. The summed E-state index contributed by atoms with van der Waals surface area (Å²) >= 11 is 5.90. The Morgan fingerprint density at radius 1 is 1.18 bits per heavy atom. The topological polar surface area (TPSA) is 9.23 Å². The number of hydrogen-bond acceptors (Lipinski definition) is 1. The first-order valence-electron chi connectivity index (χ1n) is 4.44. The highest BCUT2D eigenvalue weighted by atomic mass is 35.5. The molecule has 1 nitrogen and oxygen atoms in total. The molecule has 0 saturated carbocycles. The molecule has 0 aromatic rings. The lowest BCUT2D eigenvalue weighted by Crippen LogP contribution is -2.39. The largest absolute Gasteiger partial charge is 0.416 e. The van der Waals surface area contributed by atoms with Crippen LogP contribution < -0.4 is 0 Å². The van der Waals surface area contributed by atoms with Crippen LogP contribution in [0, 0.1) is 0 Å². The van der Waals surface area contributed by atoms with E-state index in [0.29, 0.717) is 0 Å². The lowest BCUT2D eigenvalue weighted by Gasteiger charge is -2.26. The molecule has 0 heterocycles. The highest BCUT2D eigenvalue weighted by molar-refractivity contribution is 6.79. The van der Waals surface area contributed by atoms with Crippen molar-refractivity contribution in [1.82, 2.24) is 0 Å². The molecule has 0 radical (unpaired) electrons. The van der Waals surface area contributed by atoms with Gasteiger partial charge in [0, 0.05) is 12.1 Å². The maximum absolute atomic E-state index is 5.90. The molecule has 3 heteroatoms. The fourth-order valence-electron chi connectivity index (χ4n) is 1.00. The first-order valence-corrected chi connectivity index (χ1v) is 7.51. The van der Waals surface area contributed by atoms with Crippen molar-refractivity contribution in [1.29, 1.82) is 0 Å². The molecule has 0 bridgehead atoms. The van der Waals surface area contributed by atoms with Gasteiger partial charge in [-0.2, -0.15) is 0 Å². The standard InChI is InChI=1S/C8H19ClOSi/c1-4-7-10-11(5-2,6-3)8-9/h4-8H2,1-3H3. The van der Waals surface area contributed by atoms with Gasteiger partial charge in [-0.3, -0.25) is 0 Å². The van der Waals surface area contributed by atoms with E-state index < -0.39 is 8.32 Å². The van der Waals surface area contributed by atoms with E-state index in [4.69, 9.17) is 16.0 Å². The Hall–Kier alpha value is 0.467. The van der Waals surface area contributed by atoms with Crippen LogP contribution in [-0.2, 0) is 4.43 Å². The van der Waals surface area contributed by atoms with Gasteiger partial charge in [-0.25, -0.2) is 0 Å². The van der Waals surface area contributed by atoms with E-state index in [9.17, 15) is 0 Å². The minimum atomic E-state index is -1.47. The third kappa shape index (κ3) is 3.59. The summed E-state index contributed by atoms with van der Waals surface area (Å²) in [5, 5.41) is 0. The predicted molar refractivity (Wildman–Crippen MR) is 53.7 cm³/mol. The van der Waals surface area contributed by atoms with Crippen LogP contribution in [0.4, 0.5) is 0 Å². The zero-order valence-electron chi connectivity index (χ0n) is 7.82. The number of alkyl halides is 1. The third-order valence-electron chi connectivity index (χ3n) is 2.14. The van der Waals surface area contributed by atoms with Crippen LogP contribution in [0.25, 0.3) is 0 Å². The van der Waals surface area contributed by atoms with Gasteiger partial charge in [0.25, 0.3) is 0 Å². The summed E-state index contributed by atoms with van der Waals surface area (Å²) < 4.78 is 5.83. The first-order chi connectivity index (χ1) is 5.24. The average Bonchev–Trinajstić information content (AvgIpc) is 2.08. The van der Waals surface area contributed by atoms with Crippen molar-refractivity contribution in [2.45, 2.75) is 39.3 Å². The van der Waals surface area contributed by atoms with Gasteiger partial charge in [0.15, 0.2) is 0 Å². The van der Waals surface area contributed by atoms with Crippen molar-refractivity contribution in [2.75, 3.05) is 12.1 Å². The molecule has 0 atom stereocenters. The molecule has 0 aromatic carbocycles. The lowest BCUT2D eigenvalue weighted by molar-refractivity contribution is 0.302. The zero-order chi connectivity index (χ0) is 8.74. The highest BCUT2D eigenvalue weighted by Gasteiger charge is 2.29. The van der Waals surface area contributed by atoms with E-state index in [1.54, 1.807) is 0 Å². The van der Waals surface area contributed by atoms with E-state index >= 15 is 0 Å². The molecule has 0 amide bonds. The van der Waals surface area contributed by atoms with Crippen LogP contribution in [0.3, 0.4) is 0 Å². The number of halogens is 1. The molecule has 0 saturated heterocycles. The molecule has 0 aliphatic heterocycles. The van der Waals surface area contributed by atoms with Crippen LogP contribution in [0.2, 0.25) is 12.1 Å². The smallest absolute Gasteiger partial charge is 0.206 e. The van der Waals surface area contributed by atoms with Crippen molar-refractivity contribution in [2.24, 2.45) is 0 Å². The average molecular weight is 195 g/mol. The van der Waals surface area contributed by atoms with Crippen LogP contribution in [-0.4, -0.2) is 20.4 Å². The summed E-state index contributed by atoms with van der Waals surface area (Å²) in [6.07, 6.45) is 1.10. The second kappa shape index (κ2) is 6.04. The Morgan fingerprint density at radius 3 is 2.00 bits per heavy atom. The van der Waals surface area contributed by atoms with Crippen LogP contribution >= 0.6 is 11.6 Å². The Kier molecular flexibility index (Phi) is 6.29. The molecule has 0 fully saturated rings. The van der Waals surface area contributed by atoms with Gasteiger partial charge in [-0.05, 0) is 18.5 Å². The molecule has 0 aliphatic rings. The molecule has 0 aromatic heterocycles. The van der Waals surface area contributed by atoms with Crippen LogP contribution in [0.5, 0.6) is 0 Å².